The van der Waals surface area contributed by atoms with Gasteiger partial charge >= 0.3 is 0 Å². The van der Waals surface area contributed by atoms with Gasteiger partial charge in [-0.2, -0.15) is 4.98 Å². The summed E-state index contributed by atoms with van der Waals surface area (Å²) in [7, 11) is 1.64. The minimum absolute atomic E-state index is 0.430. The minimum atomic E-state index is 0.430. The number of nitrogens with zero attached hydrogens (tertiary/aromatic N) is 2. The van der Waals surface area contributed by atoms with Gasteiger partial charge in [-0.15, -0.1) is 0 Å². The number of fused-ring (bicyclic) bond motifs is 2. The predicted octanol–water partition coefficient (Wildman–Crippen LogP) is 4.36. The predicted molar refractivity (Wildman–Crippen MR) is 116 cm³/mol. The van der Waals surface area contributed by atoms with Crippen LogP contribution in [0.1, 0.15) is 11.1 Å². The minimum Gasteiger partial charge on any atom is -0.495 e. The Hall–Kier alpha value is -4.00. The number of aromatic amines is 2. The molecule has 5 rings (SSSR count). The number of nitrogens with one attached hydrogen (secondary N) is 3. The second kappa shape index (κ2) is 6.87. The molecular formula is C22H20N6O. The van der Waals surface area contributed by atoms with Gasteiger partial charge in [0.1, 0.15) is 11.6 Å². The van der Waals surface area contributed by atoms with Crippen molar-refractivity contribution >= 4 is 39.3 Å². The van der Waals surface area contributed by atoms with Crippen LogP contribution in [0.5, 0.6) is 5.75 Å². The zero-order valence-corrected chi connectivity index (χ0v) is 15.9. The van der Waals surface area contributed by atoms with Crippen LogP contribution in [0.3, 0.4) is 0 Å². The number of ether oxygens (including phenoxy) is 1. The molecule has 0 bridgehead atoms. The van der Waals surface area contributed by atoms with E-state index in [1.165, 1.54) is 5.39 Å². The van der Waals surface area contributed by atoms with E-state index in [1.54, 1.807) is 13.3 Å². The van der Waals surface area contributed by atoms with Gasteiger partial charge in [0.25, 0.3) is 0 Å². The lowest BCUT2D eigenvalue weighted by molar-refractivity contribution is 0.417. The van der Waals surface area contributed by atoms with Crippen molar-refractivity contribution in [3.05, 3.63) is 72.2 Å². The summed E-state index contributed by atoms with van der Waals surface area (Å²) in [5, 5.41) is 5.42. The normalized spacial score (nSPS) is 11.2. The average molecular weight is 384 g/mol. The third-order valence-electron chi connectivity index (χ3n) is 5.06. The molecule has 3 heterocycles. The van der Waals surface area contributed by atoms with Crippen molar-refractivity contribution in [3.63, 3.8) is 0 Å². The van der Waals surface area contributed by atoms with Gasteiger partial charge in [-0.3, -0.25) is 0 Å². The SMILES string of the molecule is COc1ccc2[nH]ccc2c1Nc1ncc(Cc2ccc3[nH]ccc3c2)c(N)n1. The first kappa shape index (κ1) is 17.1. The Kier molecular flexibility index (Phi) is 4.05. The Morgan fingerprint density at radius 3 is 2.72 bits per heavy atom. The highest BCUT2D eigenvalue weighted by Crippen LogP contribution is 2.34. The zero-order chi connectivity index (χ0) is 19.8. The number of aromatic nitrogens is 4. The van der Waals surface area contributed by atoms with E-state index in [-0.39, 0.29) is 0 Å². The van der Waals surface area contributed by atoms with Crippen molar-refractivity contribution in [1.29, 1.82) is 0 Å². The molecule has 7 nitrogen and oxygen atoms in total. The molecule has 29 heavy (non-hydrogen) atoms. The van der Waals surface area contributed by atoms with Gasteiger partial charge in [0.2, 0.25) is 5.95 Å². The van der Waals surface area contributed by atoms with Crippen LogP contribution >= 0.6 is 0 Å². The molecule has 144 valence electrons. The van der Waals surface area contributed by atoms with Crippen molar-refractivity contribution in [1.82, 2.24) is 19.9 Å². The maximum absolute atomic E-state index is 6.24. The fourth-order valence-electron chi connectivity index (χ4n) is 3.57. The molecule has 0 saturated carbocycles. The summed E-state index contributed by atoms with van der Waals surface area (Å²) in [6.07, 6.45) is 6.26. The van der Waals surface area contributed by atoms with Crippen molar-refractivity contribution in [2.75, 3.05) is 18.2 Å². The van der Waals surface area contributed by atoms with Gasteiger partial charge in [-0.05, 0) is 47.3 Å². The highest BCUT2D eigenvalue weighted by atomic mass is 16.5. The number of H-pyrrole nitrogens is 2. The summed E-state index contributed by atoms with van der Waals surface area (Å²) >= 11 is 0. The van der Waals surface area contributed by atoms with Crippen LogP contribution in [-0.4, -0.2) is 27.0 Å². The van der Waals surface area contributed by atoms with Gasteiger partial charge in [-0.1, -0.05) is 6.07 Å². The Labute approximate surface area is 166 Å². The summed E-state index contributed by atoms with van der Waals surface area (Å²) in [4.78, 5) is 15.3. The third-order valence-corrected chi connectivity index (χ3v) is 5.06. The largest absolute Gasteiger partial charge is 0.495 e. The fourth-order valence-corrected chi connectivity index (χ4v) is 3.57. The van der Waals surface area contributed by atoms with E-state index in [0.717, 1.165) is 33.2 Å². The van der Waals surface area contributed by atoms with Gasteiger partial charge < -0.3 is 25.8 Å². The Balaban J connectivity index is 1.43. The molecule has 0 radical (unpaired) electrons. The van der Waals surface area contributed by atoms with Gasteiger partial charge in [-0.25, -0.2) is 4.98 Å². The first-order chi connectivity index (χ1) is 14.2. The van der Waals surface area contributed by atoms with Crippen LogP contribution in [0, 0.1) is 0 Å². The van der Waals surface area contributed by atoms with Gasteiger partial charge in [0.05, 0.1) is 12.8 Å². The molecule has 5 aromatic rings. The van der Waals surface area contributed by atoms with E-state index in [1.807, 2.05) is 30.6 Å². The molecular weight excluding hydrogens is 364 g/mol. The van der Waals surface area contributed by atoms with E-state index in [9.17, 15) is 0 Å². The molecule has 3 aromatic heterocycles. The molecule has 2 aromatic carbocycles. The number of methoxy groups -OCH3 is 1. The van der Waals surface area contributed by atoms with E-state index >= 15 is 0 Å². The second-order valence-corrected chi connectivity index (χ2v) is 6.89. The smallest absolute Gasteiger partial charge is 0.229 e. The second-order valence-electron chi connectivity index (χ2n) is 6.89. The van der Waals surface area contributed by atoms with E-state index < -0.39 is 0 Å². The Morgan fingerprint density at radius 2 is 1.86 bits per heavy atom. The quantitative estimate of drug-likeness (QED) is 0.360. The molecule has 0 amide bonds. The zero-order valence-electron chi connectivity index (χ0n) is 15.9. The fraction of sp³-hybridized carbons (Fsp3) is 0.0909. The maximum Gasteiger partial charge on any atom is 0.229 e. The molecule has 0 aliphatic heterocycles. The monoisotopic (exact) mass is 384 g/mol. The topological polar surface area (TPSA) is 105 Å². The number of hydrogen-bond acceptors (Lipinski definition) is 5. The summed E-state index contributed by atoms with van der Waals surface area (Å²) in [5.41, 5.74) is 11.2. The molecule has 0 unspecified atom stereocenters. The molecule has 0 saturated heterocycles. The van der Waals surface area contributed by atoms with Crippen LogP contribution in [0.15, 0.2) is 61.1 Å². The van der Waals surface area contributed by atoms with Crippen molar-refractivity contribution in [2.45, 2.75) is 6.42 Å². The van der Waals surface area contributed by atoms with Crippen molar-refractivity contribution < 1.29 is 4.74 Å². The van der Waals surface area contributed by atoms with E-state index in [4.69, 9.17) is 10.5 Å². The summed E-state index contributed by atoms with van der Waals surface area (Å²) < 4.78 is 5.49. The standard InChI is InChI=1S/C22H20N6O/c1-29-19-5-4-18-16(7-9-25-18)20(19)27-22-26-12-15(21(23)28-22)11-13-2-3-17-14(10-13)6-8-24-17/h2-10,12,24-25H,11H2,1H3,(H3,23,26,27,28). The number of rotatable bonds is 5. The molecule has 0 fully saturated rings. The van der Waals surface area contributed by atoms with Crippen LogP contribution in [-0.2, 0) is 6.42 Å². The number of benzene rings is 2. The number of hydrogen-bond donors (Lipinski definition) is 4. The highest BCUT2D eigenvalue weighted by Gasteiger charge is 2.12. The highest BCUT2D eigenvalue weighted by molar-refractivity contribution is 5.96. The van der Waals surface area contributed by atoms with E-state index in [2.05, 4.69) is 49.5 Å². The summed E-state index contributed by atoms with van der Waals surface area (Å²) in [5.74, 6) is 1.60. The van der Waals surface area contributed by atoms with Gasteiger partial charge in [0.15, 0.2) is 0 Å². The van der Waals surface area contributed by atoms with Crippen LogP contribution in [0.2, 0.25) is 0 Å². The lowest BCUT2D eigenvalue weighted by atomic mass is 10.1. The Bertz CT molecular complexity index is 1320. The van der Waals surface area contributed by atoms with Crippen LogP contribution < -0.4 is 15.8 Å². The first-order valence-electron chi connectivity index (χ1n) is 9.30. The lowest BCUT2D eigenvalue weighted by Crippen LogP contribution is -2.05. The van der Waals surface area contributed by atoms with Crippen LogP contribution in [0.25, 0.3) is 21.8 Å². The molecule has 0 atom stereocenters. The number of nitrogens with two attached hydrogens (primary N) is 1. The molecule has 7 heteroatoms. The first-order valence-corrected chi connectivity index (χ1v) is 9.30. The van der Waals surface area contributed by atoms with Crippen molar-refractivity contribution in [2.24, 2.45) is 0 Å². The molecule has 5 N–H and O–H groups in total. The Morgan fingerprint density at radius 1 is 1.03 bits per heavy atom. The molecule has 0 aliphatic rings. The number of nitrogen functional groups attached to an aromatic ring is 1. The third kappa shape index (κ3) is 3.12. The maximum atomic E-state index is 6.24. The molecule has 0 spiro atoms. The molecule has 0 aliphatic carbocycles. The van der Waals surface area contributed by atoms with Crippen molar-refractivity contribution in [3.8, 4) is 5.75 Å². The summed E-state index contributed by atoms with van der Waals surface area (Å²) in [6.45, 7) is 0. The van der Waals surface area contributed by atoms with Crippen LogP contribution in [0.4, 0.5) is 17.5 Å². The van der Waals surface area contributed by atoms with Gasteiger partial charge in [0, 0.05) is 47.0 Å². The lowest BCUT2D eigenvalue weighted by Gasteiger charge is -2.13. The summed E-state index contributed by atoms with van der Waals surface area (Å²) in [6, 6.07) is 14.2. The average Bonchev–Trinajstić information content (AvgIpc) is 3.39. The van der Waals surface area contributed by atoms with E-state index in [0.29, 0.717) is 23.9 Å². The number of anilines is 3.